The number of benzene rings is 2. The second-order valence-corrected chi connectivity index (χ2v) is 5.79. The normalized spacial score (nSPS) is 10.9. The maximum atomic E-state index is 12.1. The predicted molar refractivity (Wildman–Crippen MR) is 101 cm³/mol. The number of nitro groups is 1. The zero-order valence-electron chi connectivity index (χ0n) is 14.0. The molecule has 1 aromatic heterocycles. The Morgan fingerprint density at radius 3 is 2.85 bits per heavy atom. The smallest absolute Gasteiger partial charge is 0.271 e. The van der Waals surface area contributed by atoms with E-state index in [4.69, 9.17) is 16.3 Å². The van der Waals surface area contributed by atoms with Crippen LogP contribution in [0.5, 0.6) is 5.75 Å². The third kappa shape index (κ3) is 4.18. The monoisotopic (exact) mass is 384 g/mol. The van der Waals surface area contributed by atoms with Crippen molar-refractivity contribution in [2.24, 2.45) is 5.10 Å². The van der Waals surface area contributed by atoms with Gasteiger partial charge in [0.1, 0.15) is 10.9 Å². The van der Waals surface area contributed by atoms with Gasteiger partial charge in [-0.05, 0) is 30.3 Å². The van der Waals surface area contributed by atoms with Crippen molar-refractivity contribution in [2.75, 3.05) is 7.11 Å². The van der Waals surface area contributed by atoms with Crippen LogP contribution in [0.2, 0.25) is 5.15 Å². The van der Waals surface area contributed by atoms with E-state index in [0.29, 0.717) is 16.8 Å². The molecule has 9 heteroatoms. The van der Waals surface area contributed by atoms with Gasteiger partial charge in [-0.25, -0.2) is 10.4 Å². The van der Waals surface area contributed by atoms with Gasteiger partial charge in [0.25, 0.3) is 11.6 Å². The first kappa shape index (κ1) is 18.3. The summed E-state index contributed by atoms with van der Waals surface area (Å²) >= 11 is 6.14. The van der Waals surface area contributed by atoms with Gasteiger partial charge < -0.3 is 4.74 Å². The molecule has 1 amide bonds. The maximum Gasteiger partial charge on any atom is 0.271 e. The molecule has 0 fully saturated rings. The number of halogens is 1. The van der Waals surface area contributed by atoms with Gasteiger partial charge in [-0.2, -0.15) is 5.10 Å². The molecule has 0 spiro atoms. The Hall–Kier alpha value is -3.52. The molecule has 0 atom stereocenters. The van der Waals surface area contributed by atoms with Gasteiger partial charge in [-0.3, -0.25) is 14.9 Å². The molecular formula is C18H13ClN4O4. The van der Waals surface area contributed by atoms with Crippen molar-refractivity contribution in [3.63, 3.8) is 0 Å². The summed E-state index contributed by atoms with van der Waals surface area (Å²) in [6, 6.07) is 12.5. The van der Waals surface area contributed by atoms with Crippen LogP contribution in [-0.2, 0) is 0 Å². The molecule has 1 heterocycles. The van der Waals surface area contributed by atoms with Crippen LogP contribution in [0, 0.1) is 10.1 Å². The molecular weight excluding hydrogens is 372 g/mol. The first-order valence-corrected chi connectivity index (χ1v) is 8.08. The number of hydrogen-bond acceptors (Lipinski definition) is 6. The zero-order valence-corrected chi connectivity index (χ0v) is 14.8. The fourth-order valence-electron chi connectivity index (χ4n) is 2.35. The number of non-ortho nitro benzene ring substituents is 1. The highest BCUT2D eigenvalue weighted by Crippen LogP contribution is 2.23. The Kier molecular flexibility index (Phi) is 5.28. The Morgan fingerprint density at radius 1 is 1.30 bits per heavy atom. The molecule has 8 nitrogen and oxygen atoms in total. The lowest BCUT2D eigenvalue weighted by Crippen LogP contribution is -2.17. The van der Waals surface area contributed by atoms with E-state index in [1.54, 1.807) is 31.4 Å². The average Bonchev–Trinajstić information content (AvgIpc) is 2.68. The number of hydrogen-bond donors (Lipinski definition) is 1. The van der Waals surface area contributed by atoms with Gasteiger partial charge in [0, 0.05) is 28.6 Å². The molecule has 136 valence electrons. The van der Waals surface area contributed by atoms with Gasteiger partial charge in [0.05, 0.1) is 23.8 Å². The number of nitro benzene ring substituents is 1. The van der Waals surface area contributed by atoms with Crippen molar-refractivity contribution in [3.8, 4) is 5.75 Å². The summed E-state index contributed by atoms with van der Waals surface area (Å²) in [5.74, 6) is 0.0926. The minimum absolute atomic E-state index is 0.119. The summed E-state index contributed by atoms with van der Waals surface area (Å²) < 4.78 is 5.18. The molecule has 0 aliphatic rings. The van der Waals surface area contributed by atoms with E-state index < -0.39 is 10.8 Å². The van der Waals surface area contributed by atoms with Gasteiger partial charge in [-0.15, -0.1) is 0 Å². The van der Waals surface area contributed by atoms with Crippen LogP contribution >= 0.6 is 11.6 Å². The standard InChI is InChI=1S/C18H13ClN4O4/c1-27-15-5-6-16-12(9-15)7-13(17(19)21-16)10-20-22-18(24)11-3-2-4-14(8-11)23(25)26/h2-10H,1H3,(H,22,24)/b20-10-. The Bertz CT molecular complexity index is 1070. The summed E-state index contributed by atoms with van der Waals surface area (Å²) in [5, 5.41) is 15.7. The number of carbonyl (C=O) groups excluding carboxylic acids is 1. The number of rotatable bonds is 5. The van der Waals surface area contributed by atoms with Gasteiger partial charge >= 0.3 is 0 Å². The Morgan fingerprint density at radius 2 is 2.11 bits per heavy atom. The van der Waals surface area contributed by atoms with Crippen LogP contribution in [0.15, 0.2) is 53.6 Å². The van der Waals surface area contributed by atoms with Crippen LogP contribution < -0.4 is 10.2 Å². The van der Waals surface area contributed by atoms with Crippen molar-refractivity contribution >= 4 is 40.3 Å². The largest absolute Gasteiger partial charge is 0.497 e. The molecule has 0 saturated heterocycles. The summed E-state index contributed by atoms with van der Waals surface area (Å²) in [6.45, 7) is 0. The third-order valence-corrected chi connectivity index (χ3v) is 3.99. The summed E-state index contributed by atoms with van der Waals surface area (Å²) in [4.78, 5) is 26.6. The molecule has 27 heavy (non-hydrogen) atoms. The van der Waals surface area contributed by atoms with Gasteiger partial charge in [-0.1, -0.05) is 17.7 Å². The molecule has 1 N–H and O–H groups in total. The van der Waals surface area contributed by atoms with Crippen molar-refractivity contribution in [1.82, 2.24) is 10.4 Å². The first-order chi connectivity index (χ1) is 13.0. The average molecular weight is 385 g/mol. The van der Waals surface area contributed by atoms with E-state index in [0.717, 1.165) is 5.39 Å². The number of carbonyl (C=O) groups is 1. The highest BCUT2D eigenvalue weighted by atomic mass is 35.5. The number of nitrogens with one attached hydrogen (secondary N) is 1. The van der Waals surface area contributed by atoms with E-state index in [1.807, 2.05) is 0 Å². The van der Waals surface area contributed by atoms with Gasteiger partial charge in [0.2, 0.25) is 0 Å². The molecule has 0 radical (unpaired) electrons. The summed E-state index contributed by atoms with van der Waals surface area (Å²) in [7, 11) is 1.57. The minimum Gasteiger partial charge on any atom is -0.497 e. The molecule has 0 aliphatic heterocycles. The lowest BCUT2D eigenvalue weighted by atomic mass is 10.1. The van der Waals surface area contributed by atoms with Crippen molar-refractivity contribution < 1.29 is 14.5 Å². The van der Waals surface area contributed by atoms with E-state index in [2.05, 4.69) is 15.5 Å². The van der Waals surface area contributed by atoms with E-state index in [9.17, 15) is 14.9 Å². The number of aromatic nitrogens is 1. The fourth-order valence-corrected chi connectivity index (χ4v) is 2.55. The second kappa shape index (κ2) is 7.79. The van der Waals surface area contributed by atoms with Crippen LogP contribution in [0.4, 0.5) is 5.69 Å². The van der Waals surface area contributed by atoms with E-state index in [-0.39, 0.29) is 16.4 Å². The molecule has 3 rings (SSSR count). The van der Waals surface area contributed by atoms with E-state index >= 15 is 0 Å². The molecule has 0 bridgehead atoms. The molecule has 0 aliphatic carbocycles. The molecule has 0 unspecified atom stereocenters. The van der Waals surface area contributed by atoms with Crippen molar-refractivity contribution in [2.45, 2.75) is 0 Å². The SMILES string of the molecule is COc1ccc2nc(Cl)c(/C=N\NC(=O)c3cccc([N+](=O)[O-])c3)cc2c1. The minimum atomic E-state index is -0.582. The number of fused-ring (bicyclic) bond motifs is 1. The number of pyridine rings is 1. The topological polar surface area (TPSA) is 107 Å². The van der Waals surface area contributed by atoms with E-state index in [1.165, 1.54) is 30.5 Å². The van der Waals surface area contributed by atoms with Crippen LogP contribution in [-0.4, -0.2) is 29.1 Å². The van der Waals surface area contributed by atoms with Crippen LogP contribution in [0.3, 0.4) is 0 Å². The van der Waals surface area contributed by atoms with Crippen molar-refractivity contribution in [1.29, 1.82) is 0 Å². The number of amides is 1. The Balaban J connectivity index is 1.79. The number of ether oxygens (including phenoxy) is 1. The summed E-state index contributed by atoms with van der Waals surface area (Å²) in [6.07, 6.45) is 1.35. The summed E-state index contributed by atoms with van der Waals surface area (Å²) in [5.41, 5.74) is 3.44. The lowest BCUT2D eigenvalue weighted by molar-refractivity contribution is -0.384. The third-order valence-electron chi connectivity index (χ3n) is 3.69. The highest BCUT2D eigenvalue weighted by molar-refractivity contribution is 6.32. The molecule has 0 saturated carbocycles. The number of methoxy groups -OCH3 is 1. The quantitative estimate of drug-likeness (QED) is 0.313. The van der Waals surface area contributed by atoms with Crippen molar-refractivity contribution in [3.05, 3.63) is 74.9 Å². The fraction of sp³-hybridized carbons (Fsp3) is 0.0556. The molecule has 3 aromatic rings. The zero-order chi connectivity index (χ0) is 19.4. The first-order valence-electron chi connectivity index (χ1n) is 7.70. The highest BCUT2D eigenvalue weighted by Gasteiger charge is 2.11. The lowest BCUT2D eigenvalue weighted by Gasteiger charge is -2.05. The number of hydrazone groups is 1. The Labute approximate surface area is 158 Å². The van der Waals surface area contributed by atoms with Crippen LogP contribution in [0.1, 0.15) is 15.9 Å². The maximum absolute atomic E-state index is 12.1. The van der Waals surface area contributed by atoms with Gasteiger partial charge in [0.15, 0.2) is 0 Å². The van der Waals surface area contributed by atoms with Crippen LogP contribution in [0.25, 0.3) is 10.9 Å². The molecule has 2 aromatic carbocycles. The number of nitrogens with zero attached hydrogens (tertiary/aromatic N) is 3. The predicted octanol–water partition coefficient (Wildman–Crippen LogP) is 3.57. The second-order valence-electron chi connectivity index (χ2n) is 5.43.